The third-order valence-corrected chi connectivity index (χ3v) is 4.55. The van der Waals surface area contributed by atoms with Crippen molar-refractivity contribution >= 4 is 0 Å². The Morgan fingerprint density at radius 3 is 2.76 bits per heavy atom. The second kappa shape index (κ2) is 4.94. The molecule has 0 aromatic carbocycles. The van der Waals surface area contributed by atoms with Crippen molar-refractivity contribution in [3.63, 3.8) is 0 Å². The lowest BCUT2D eigenvalue weighted by Crippen LogP contribution is -2.27. The fourth-order valence-corrected chi connectivity index (χ4v) is 2.99. The van der Waals surface area contributed by atoms with Crippen LogP contribution < -0.4 is 0 Å². The van der Waals surface area contributed by atoms with Gasteiger partial charge >= 0.3 is 0 Å². The smallest absolute Gasteiger partial charge is 0.154 e. The van der Waals surface area contributed by atoms with Gasteiger partial charge in [0.25, 0.3) is 0 Å². The minimum absolute atomic E-state index is 0.642. The number of fused-ring (bicyclic) bond motifs is 1. The summed E-state index contributed by atoms with van der Waals surface area (Å²) in [6.45, 7) is 7.86. The summed E-state index contributed by atoms with van der Waals surface area (Å²) in [6, 6.07) is 0. The Bertz CT molecular complexity index is 610. The molecule has 1 saturated carbocycles. The summed E-state index contributed by atoms with van der Waals surface area (Å²) >= 11 is 0. The maximum absolute atomic E-state index is 5.26. The molecule has 6 nitrogen and oxygen atoms in total. The molecule has 112 valence electrons. The van der Waals surface area contributed by atoms with Crippen molar-refractivity contribution in [2.24, 2.45) is 0 Å². The van der Waals surface area contributed by atoms with Crippen LogP contribution in [0.5, 0.6) is 0 Å². The SMILES string of the molecule is Cc1noc(C)c1CN1CCc2nc(C3CC3)nn2CC1. The van der Waals surface area contributed by atoms with Crippen LogP contribution in [0.25, 0.3) is 0 Å². The highest BCUT2D eigenvalue weighted by molar-refractivity contribution is 5.20. The average molecular weight is 287 g/mol. The van der Waals surface area contributed by atoms with Crippen LogP contribution in [0, 0.1) is 13.8 Å². The van der Waals surface area contributed by atoms with Crippen molar-refractivity contribution in [1.29, 1.82) is 0 Å². The van der Waals surface area contributed by atoms with E-state index in [0.717, 1.165) is 55.7 Å². The third kappa shape index (κ3) is 2.48. The Labute approximate surface area is 124 Å². The van der Waals surface area contributed by atoms with Crippen LogP contribution in [0.2, 0.25) is 0 Å². The van der Waals surface area contributed by atoms with Crippen LogP contribution in [0.4, 0.5) is 0 Å². The van der Waals surface area contributed by atoms with Gasteiger partial charge in [-0.2, -0.15) is 5.10 Å². The highest BCUT2D eigenvalue weighted by Crippen LogP contribution is 2.38. The lowest BCUT2D eigenvalue weighted by atomic mass is 10.2. The van der Waals surface area contributed by atoms with E-state index < -0.39 is 0 Å². The topological polar surface area (TPSA) is 60.0 Å². The molecule has 3 heterocycles. The van der Waals surface area contributed by atoms with Crippen molar-refractivity contribution in [2.45, 2.75) is 52.1 Å². The summed E-state index contributed by atoms with van der Waals surface area (Å²) in [4.78, 5) is 7.18. The summed E-state index contributed by atoms with van der Waals surface area (Å²) in [5, 5.41) is 8.73. The lowest BCUT2D eigenvalue weighted by molar-refractivity contribution is 0.266. The number of rotatable bonds is 3. The molecule has 0 radical (unpaired) electrons. The van der Waals surface area contributed by atoms with Crippen LogP contribution >= 0.6 is 0 Å². The second-order valence-electron chi connectivity index (χ2n) is 6.21. The van der Waals surface area contributed by atoms with Gasteiger partial charge in [-0.25, -0.2) is 9.67 Å². The first-order valence-corrected chi connectivity index (χ1v) is 7.78. The maximum atomic E-state index is 5.26. The minimum Gasteiger partial charge on any atom is -0.361 e. The Morgan fingerprint density at radius 2 is 2.05 bits per heavy atom. The zero-order valence-electron chi connectivity index (χ0n) is 12.7. The Balaban J connectivity index is 1.46. The summed E-state index contributed by atoms with van der Waals surface area (Å²) in [6.07, 6.45) is 3.51. The van der Waals surface area contributed by atoms with Crippen LogP contribution in [-0.4, -0.2) is 37.9 Å². The van der Waals surface area contributed by atoms with Crippen molar-refractivity contribution < 1.29 is 4.52 Å². The van der Waals surface area contributed by atoms with Gasteiger partial charge in [0.2, 0.25) is 0 Å². The van der Waals surface area contributed by atoms with Gasteiger partial charge in [0, 0.05) is 37.5 Å². The number of aryl methyl sites for hydroxylation is 2. The fraction of sp³-hybridized carbons (Fsp3) is 0.667. The molecular weight excluding hydrogens is 266 g/mol. The molecule has 6 heteroatoms. The molecule has 0 spiro atoms. The summed E-state index contributed by atoms with van der Waals surface area (Å²) in [7, 11) is 0. The van der Waals surface area contributed by atoms with Crippen LogP contribution in [0.3, 0.4) is 0 Å². The minimum atomic E-state index is 0.642. The van der Waals surface area contributed by atoms with E-state index in [1.807, 2.05) is 13.8 Å². The fourth-order valence-electron chi connectivity index (χ4n) is 2.99. The van der Waals surface area contributed by atoms with E-state index in [2.05, 4.69) is 19.8 Å². The van der Waals surface area contributed by atoms with Crippen molar-refractivity contribution in [2.75, 3.05) is 13.1 Å². The number of hydrogen-bond donors (Lipinski definition) is 0. The van der Waals surface area contributed by atoms with Gasteiger partial charge in [-0.1, -0.05) is 5.16 Å². The molecule has 2 aromatic heterocycles. The van der Waals surface area contributed by atoms with E-state index in [4.69, 9.17) is 9.51 Å². The Hall–Kier alpha value is -1.69. The molecule has 0 unspecified atom stereocenters. The van der Waals surface area contributed by atoms with E-state index in [-0.39, 0.29) is 0 Å². The monoisotopic (exact) mass is 287 g/mol. The third-order valence-electron chi connectivity index (χ3n) is 4.55. The Kier molecular flexibility index (Phi) is 3.06. The normalized spacial score (nSPS) is 19.5. The van der Waals surface area contributed by atoms with Crippen molar-refractivity contribution in [3.8, 4) is 0 Å². The first-order chi connectivity index (χ1) is 10.2. The van der Waals surface area contributed by atoms with Gasteiger partial charge in [0.15, 0.2) is 5.82 Å². The number of hydrogen-bond acceptors (Lipinski definition) is 5. The second-order valence-corrected chi connectivity index (χ2v) is 6.21. The standard InChI is InChI=1S/C15H21N5O/c1-10-13(11(2)21-18-10)9-19-6-5-14-16-15(12-3-4-12)17-20(14)8-7-19/h12H,3-9H2,1-2H3. The first-order valence-electron chi connectivity index (χ1n) is 7.78. The molecule has 21 heavy (non-hydrogen) atoms. The number of nitrogens with zero attached hydrogens (tertiary/aromatic N) is 5. The molecule has 0 bridgehead atoms. The summed E-state index contributed by atoms with van der Waals surface area (Å²) < 4.78 is 7.37. The van der Waals surface area contributed by atoms with Crippen molar-refractivity contribution in [1.82, 2.24) is 24.8 Å². The molecule has 2 aliphatic rings. The molecule has 2 aromatic rings. The molecule has 1 aliphatic carbocycles. The number of aromatic nitrogens is 4. The lowest BCUT2D eigenvalue weighted by Gasteiger charge is -2.18. The van der Waals surface area contributed by atoms with Crippen molar-refractivity contribution in [3.05, 3.63) is 28.7 Å². The predicted octanol–water partition coefficient (Wildman–Crippen LogP) is 1.82. The van der Waals surface area contributed by atoms with Gasteiger partial charge in [-0.05, 0) is 26.7 Å². The highest BCUT2D eigenvalue weighted by atomic mass is 16.5. The van der Waals surface area contributed by atoms with Gasteiger partial charge in [0.1, 0.15) is 11.6 Å². The first kappa shape index (κ1) is 13.0. The van der Waals surface area contributed by atoms with E-state index in [1.165, 1.54) is 18.4 Å². The largest absolute Gasteiger partial charge is 0.361 e. The average Bonchev–Trinajstić information content (AvgIpc) is 3.21. The summed E-state index contributed by atoms with van der Waals surface area (Å²) in [5.74, 6) is 3.80. The highest BCUT2D eigenvalue weighted by Gasteiger charge is 2.29. The molecular formula is C15H21N5O. The van der Waals surface area contributed by atoms with Gasteiger partial charge in [0.05, 0.1) is 12.2 Å². The van der Waals surface area contributed by atoms with Gasteiger partial charge < -0.3 is 4.52 Å². The van der Waals surface area contributed by atoms with Crippen LogP contribution in [0.15, 0.2) is 4.52 Å². The van der Waals surface area contributed by atoms with Gasteiger partial charge in [-0.3, -0.25) is 4.90 Å². The zero-order chi connectivity index (χ0) is 14.4. The Morgan fingerprint density at radius 1 is 1.19 bits per heavy atom. The molecule has 0 N–H and O–H groups in total. The van der Waals surface area contributed by atoms with E-state index >= 15 is 0 Å². The zero-order valence-corrected chi connectivity index (χ0v) is 12.7. The molecule has 1 fully saturated rings. The van der Waals surface area contributed by atoms with E-state index in [0.29, 0.717) is 5.92 Å². The molecule has 0 atom stereocenters. The van der Waals surface area contributed by atoms with E-state index in [1.54, 1.807) is 0 Å². The molecule has 1 aliphatic heterocycles. The molecule has 0 amide bonds. The molecule has 4 rings (SSSR count). The van der Waals surface area contributed by atoms with Gasteiger partial charge in [-0.15, -0.1) is 0 Å². The van der Waals surface area contributed by atoms with Crippen LogP contribution in [0.1, 0.15) is 47.4 Å². The van der Waals surface area contributed by atoms with E-state index in [9.17, 15) is 0 Å². The maximum Gasteiger partial charge on any atom is 0.154 e. The molecule has 0 saturated heterocycles. The van der Waals surface area contributed by atoms with Crippen LogP contribution in [-0.2, 0) is 19.5 Å². The predicted molar refractivity (Wildman–Crippen MR) is 77.0 cm³/mol. The quantitative estimate of drug-likeness (QED) is 0.861. The summed E-state index contributed by atoms with van der Waals surface area (Å²) in [5.41, 5.74) is 2.23.